The highest BCUT2D eigenvalue weighted by molar-refractivity contribution is 9.10. The zero-order chi connectivity index (χ0) is 26.4. The topological polar surface area (TPSA) is 84.5 Å². The van der Waals surface area contributed by atoms with Crippen molar-refractivity contribution in [3.63, 3.8) is 0 Å². The lowest BCUT2D eigenvalue weighted by Crippen LogP contribution is -2.15. The molecule has 190 valence electrons. The number of ether oxygens (including phenoxy) is 1. The fourth-order valence-corrected chi connectivity index (χ4v) is 5.07. The molecular formula is C29H27BrN2O4S. The number of rotatable bonds is 9. The fourth-order valence-electron chi connectivity index (χ4n) is 3.66. The maximum absolute atomic E-state index is 13.1. The maximum atomic E-state index is 13.1. The molecule has 0 spiro atoms. The third-order valence-electron chi connectivity index (χ3n) is 5.86. The summed E-state index contributed by atoms with van der Waals surface area (Å²) in [5.41, 5.74) is 4.55. The number of sulfonamides is 1. The molecule has 6 nitrogen and oxygen atoms in total. The molecule has 8 heteroatoms. The molecule has 0 aliphatic heterocycles. The van der Waals surface area contributed by atoms with Crippen molar-refractivity contribution in [3.8, 4) is 5.75 Å². The van der Waals surface area contributed by atoms with Crippen LogP contribution in [0.1, 0.15) is 27.0 Å². The van der Waals surface area contributed by atoms with Crippen molar-refractivity contribution < 1.29 is 17.9 Å². The molecule has 0 atom stereocenters. The number of halogens is 1. The van der Waals surface area contributed by atoms with Crippen LogP contribution in [0.2, 0.25) is 0 Å². The number of hydrogen-bond donors (Lipinski definition) is 2. The van der Waals surface area contributed by atoms with Gasteiger partial charge in [0.05, 0.1) is 17.1 Å². The summed E-state index contributed by atoms with van der Waals surface area (Å²) in [5, 5.41) is 2.82. The van der Waals surface area contributed by atoms with Crippen molar-refractivity contribution in [2.75, 3.05) is 16.6 Å². The molecule has 0 unspecified atom stereocenters. The van der Waals surface area contributed by atoms with E-state index in [-0.39, 0.29) is 10.8 Å². The van der Waals surface area contributed by atoms with Crippen molar-refractivity contribution in [2.45, 2.75) is 25.2 Å². The lowest BCUT2D eigenvalue weighted by molar-refractivity contribution is 0.102. The van der Waals surface area contributed by atoms with Gasteiger partial charge in [0, 0.05) is 22.3 Å². The van der Waals surface area contributed by atoms with Crippen LogP contribution in [0.15, 0.2) is 100 Å². The Morgan fingerprint density at radius 2 is 1.54 bits per heavy atom. The average molecular weight is 580 g/mol. The summed E-state index contributed by atoms with van der Waals surface area (Å²) in [5.74, 6) is 0.105. The molecule has 0 radical (unpaired) electrons. The van der Waals surface area contributed by atoms with Gasteiger partial charge in [-0.05, 0) is 85.1 Å². The van der Waals surface area contributed by atoms with Crippen LogP contribution in [0.5, 0.6) is 5.75 Å². The highest BCUT2D eigenvalue weighted by Crippen LogP contribution is 2.26. The second-order valence-electron chi connectivity index (χ2n) is 8.61. The molecule has 1 amide bonds. The Morgan fingerprint density at radius 3 is 2.24 bits per heavy atom. The van der Waals surface area contributed by atoms with Crippen LogP contribution in [0.4, 0.5) is 11.4 Å². The summed E-state index contributed by atoms with van der Waals surface area (Å²) >= 11 is 3.41. The summed E-state index contributed by atoms with van der Waals surface area (Å²) in [6.07, 6.45) is 0.712. The third kappa shape index (κ3) is 6.99. The lowest BCUT2D eigenvalue weighted by atomic mass is 10.1. The summed E-state index contributed by atoms with van der Waals surface area (Å²) in [7, 11) is -3.77. The standard InChI is InChI=1S/C29H27BrN2O4S/c1-20-8-10-25(18-21(20)2)32-37(34,35)26-13-11-24(12-14-26)31-29(33)27-19-23(30)9-15-28(27)36-17-16-22-6-4-3-5-7-22/h3-15,18-19,32H,16-17H2,1-2H3,(H,31,33). The minimum Gasteiger partial charge on any atom is -0.492 e. The van der Waals surface area contributed by atoms with E-state index in [1.807, 2.05) is 56.3 Å². The molecule has 0 aromatic heterocycles. The van der Waals surface area contributed by atoms with E-state index in [0.29, 0.717) is 35.7 Å². The Hall–Kier alpha value is -3.62. The molecule has 0 fully saturated rings. The monoisotopic (exact) mass is 578 g/mol. The Bertz CT molecular complexity index is 1510. The van der Waals surface area contributed by atoms with Gasteiger partial charge in [0.15, 0.2) is 0 Å². The zero-order valence-electron chi connectivity index (χ0n) is 20.5. The van der Waals surface area contributed by atoms with Gasteiger partial charge in [-0.3, -0.25) is 9.52 Å². The molecule has 0 aliphatic carbocycles. The molecule has 37 heavy (non-hydrogen) atoms. The molecule has 4 aromatic carbocycles. The Labute approximate surface area is 225 Å². The fraction of sp³-hybridized carbons (Fsp3) is 0.138. The van der Waals surface area contributed by atoms with Crippen molar-refractivity contribution in [2.24, 2.45) is 0 Å². The third-order valence-corrected chi connectivity index (χ3v) is 7.75. The average Bonchev–Trinajstić information content (AvgIpc) is 2.88. The molecule has 2 N–H and O–H groups in total. The van der Waals surface area contributed by atoms with Crippen LogP contribution in [-0.4, -0.2) is 20.9 Å². The van der Waals surface area contributed by atoms with Gasteiger partial charge in [-0.15, -0.1) is 0 Å². The molecule has 4 aromatic rings. The number of aryl methyl sites for hydroxylation is 2. The highest BCUT2D eigenvalue weighted by Gasteiger charge is 2.17. The normalized spacial score (nSPS) is 11.1. The molecule has 0 saturated heterocycles. The first-order valence-corrected chi connectivity index (χ1v) is 14.0. The van der Waals surface area contributed by atoms with E-state index in [4.69, 9.17) is 4.74 Å². The van der Waals surface area contributed by atoms with Crippen LogP contribution in [-0.2, 0) is 16.4 Å². The molecule has 0 saturated carbocycles. The van der Waals surface area contributed by atoms with Gasteiger partial charge in [0.2, 0.25) is 0 Å². The Morgan fingerprint density at radius 1 is 0.838 bits per heavy atom. The SMILES string of the molecule is Cc1ccc(NS(=O)(=O)c2ccc(NC(=O)c3cc(Br)ccc3OCCc3ccccc3)cc2)cc1C. The minimum atomic E-state index is -3.77. The van der Waals surface area contributed by atoms with E-state index in [0.717, 1.165) is 21.2 Å². The predicted octanol–water partition coefficient (Wildman–Crippen LogP) is 6.74. The van der Waals surface area contributed by atoms with Gasteiger partial charge < -0.3 is 10.1 Å². The van der Waals surface area contributed by atoms with Gasteiger partial charge in [0.1, 0.15) is 5.75 Å². The second-order valence-corrected chi connectivity index (χ2v) is 11.2. The van der Waals surface area contributed by atoms with Crippen LogP contribution < -0.4 is 14.8 Å². The number of benzene rings is 4. The summed E-state index contributed by atoms with van der Waals surface area (Å²) in [6.45, 7) is 4.32. The first kappa shape index (κ1) is 26.4. The summed E-state index contributed by atoms with van der Waals surface area (Å²) < 4.78 is 34.9. The molecule has 0 aliphatic rings. The quantitative estimate of drug-likeness (QED) is 0.230. The Balaban J connectivity index is 1.43. The first-order valence-electron chi connectivity index (χ1n) is 11.7. The van der Waals surface area contributed by atoms with E-state index in [2.05, 4.69) is 26.0 Å². The number of hydrogen-bond acceptors (Lipinski definition) is 4. The minimum absolute atomic E-state index is 0.0936. The molecule has 4 rings (SSSR count). The maximum Gasteiger partial charge on any atom is 0.261 e. The van der Waals surface area contributed by atoms with Crippen LogP contribution in [0, 0.1) is 13.8 Å². The molecular weight excluding hydrogens is 552 g/mol. The van der Waals surface area contributed by atoms with Gasteiger partial charge >= 0.3 is 0 Å². The van der Waals surface area contributed by atoms with Crippen molar-refractivity contribution in [3.05, 3.63) is 118 Å². The Kier molecular flexibility index (Phi) is 8.31. The van der Waals surface area contributed by atoms with E-state index >= 15 is 0 Å². The van der Waals surface area contributed by atoms with Gasteiger partial charge in [0.25, 0.3) is 15.9 Å². The first-order chi connectivity index (χ1) is 17.7. The molecule has 0 bridgehead atoms. The number of carbonyl (C=O) groups excluding carboxylic acids is 1. The summed E-state index contributed by atoms with van der Waals surface area (Å²) in [6, 6.07) is 26.6. The lowest BCUT2D eigenvalue weighted by Gasteiger charge is -2.13. The predicted molar refractivity (Wildman–Crippen MR) is 151 cm³/mol. The van der Waals surface area contributed by atoms with E-state index < -0.39 is 10.0 Å². The van der Waals surface area contributed by atoms with E-state index in [9.17, 15) is 13.2 Å². The largest absolute Gasteiger partial charge is 0.492 e. The van der Waals surface area contributed by atoms with Gasteiger partial charge in [-0.2, -0.15) is 0 Å². The zero-order valence-corrected chi connectivity index (χ0v) is 22.9. The van der Waals surface area contributed by atoms with Crippen molar-refractivity contribution in [1.29, 1.82) is 0 Å². The van der Waals surface area contributed by atoms with Crippen LogP contribution in [0.3, 0.4) is 0 Å². The van der Waals surface area contributed by atoms with E-state index in [1.54, 1.807) is 36.4 Å². The number of nitrogens with one attached hydrogen (secondary N) is 2. The van der Waals surface area contributed by atoms with Gasteiger partial charge in [-0.25, -0.2) is 8.42 Å². The number of carbonyl (C=O) groups is 1. The summed E-state index contributed by atoms with van der Waals surface area (Å²) in [4.78, 5) is 13.2. The molecule has 0 heterocycles. The van der Waals surface area contributed by atoms with Gasteiger partial charge in [-0.1, -0.05) is 52.3 Å². The smallest absolute Gasteiger partial charge is 0.261 e. The second kappa shape index (κ2) is 11.6. The van der Waals surface area contributed by atoms with Crippen molar-refractivity contribution >= 4 is 43.2 Å². The number of anilines is 2. The highest BCUT2D eigenvalue weighted by atomic mass is 79.9. The van der Waals surface area contributed by atoms with Crippen molar-refractivity contribution in [1.82, 2.24) is 0 Å². The van der Waals surface area contributed by atoms with Crippen LogP contribution >= 0.6 is 15.9 Å². The van der Waals surface area contributed by atoms with E-state index in [1.165, 1.54) is 12.1 Å². The van der Waals surface area contributed by atoms with Crippen LogP contribution in [0.25, 0.3) is 0 Å². The number of amides is 1.